The molecule has 86 valence electrons. The monoisotopic (exact) mass is 239 g/mol. The van der Waals surface area contributed by atoms with Crippen LogP contribution in [-0.4, -0.2) is 29.3 Å². The Balaban J connectivity index is 2.03. The predicted octanol–water partition coefficient (Wildman–Crippen LogP) is 2.13. The summed E-state index contributed by atoms with van der Waals surface area (Å²) in [6.07, 6.45) is 4.67. The molecule has 1 saturated heterocycles. The summed E-state index contributed by atoms with van der Waals surface area (Å²) in [6.45, 7) is 1.59. The first-order valence-corrected chi connectivity index (χ1v) is 6.08. The summed E-state index contributed by atoms with van der Waals surface area (Å²) in [6, 6.07) is 0. The summed E-state index contributed by atoms with van der Waals surface area (Å²) in [5, 5.41) is 11.3. The van der Waals surface area contributed by atoms with E-state index in [2.05, 4.69) is 4.98 Å². The van der Waals surface area contributed by atoms with Crippen LogP contribution in [0.15, 0.2) is 11.5 Å². The predicted molar refractivity (Wildman–Crippen MR) is 61.6 cm³/mol. The van der Waals surface area contributed by atoms with Crippen LogP contribution in [0.5, 0.6) is 0 Å². The van der Waals surface area contributed by atoms with E-state index in [1.165, 1.54) is 17.4 Å². The molecule has 2 rings (SSSR count). The van der Waals surface area contributed by atoms with Crippen LogP contribution in [0.1, 0.15) is 29.5 Å². The second kappa shape index (κ2) is 5.23. The molecule has 16 heavy (non-hydrogen) atoms. The topological polar surface area (TPSA) is 59.4 Å². The quantitative estimate of drug-likeness (QED) is 0.821. The van der Waals surface area contributed by atoms with Crippen LogP contribution < -0.4 is 0 Å². The normalized spacial score (nSPS) is 18.0. The number of hydrogen-bond donors (Lipinski definition) is 1. The van der Waals surface area contributed by atoms with Crippen LogP contribution in [0.3, 0.4) is 0 Å². The lowest BCUT2D eigenvalue weighted by atomic mass is 9.98. The van der Waals surface area contributed by atoms with E-state index in [1.54, 1.807) is 0 Å². The third kappa shape index (κ3) is 2.90. The number of nitrogens with zero attached hydrogens (tertiary/aromatic N) is 1. The second-order valence-corrected chi connectivity index (χ2v) is 4.56. The van der Waals surface area contributed by atoms with Gasteiger partial charge in [-0.2, -0.15) is 0 Å². The standard InChI is InChI=1S/C11H13NO3S/c13-11(14)2-1-10-12-9(7-16-10)8-3-5-15-6-4-8/h1-2,7-8H,3-6H2,(H,13,14)/b2-1+. The highest BCUT2D eigenvalue weighted by molar-refractivity contribution is 7.10. The van der Waals surface area contributed by atoms with Gasteiger partial charge in [-0.05, 0) is 18.9 Å². The fourth-order valence-corrected chi connectivity index (χ4v) is 2.49. The lowest BCUT2D eigenvalue weighted by molar-refractivity contribution is -0.131. The van der Waals surface area contributed by atoms with Crippen molar-refractivity contribution in [1.29, 1.82) is 0 Å². The zero-order valence-corrected chi connectivity index (χ0v) is 9.57. The van der Waals surface area contributed by atoms with Crippen molar-refractivity contribution in [3.8, 4) is 0 Å². The van der Waals surface area contributed by atoms with E-state index in [0.717, 1.165) is 42.8 Å². The van der Waals surface area contributed by atoms with Gasteiger partial charge in [-0.15, -0.1) is 11.3 Å². The van der Waals surface area contributed by atoms with Gasteiger partial charge in [0.15, 0.2) is 0 Å². The first-order valence-electron chi connectivity index (χ1n) is 5.20. The maximum absolute atomic E-state index is 10.4. The Hall–Kier alpha value is -1.20. The molecule has 0 saturated carbocycles. The number of carboxylic acids is 1. The van der Waals surface area contributed by atoms with Crippen LogP contribution in [0, 0.1) is 0 Å². The van der Waals surface area contributed by atoms with Crippen LogP contribution in [0.4, 0.5) is 0 Å². The van der Waals surface area contributed by atoms with E-state index in [0.29, 0.717) is 5.92 Å². The number of hydrogen-bond acceptors (Lipinski definition) is 4. The Kier molecular flexibility index (Phi) is 3.69. The molecule has 1 aliphatic heterocycles. The van der Waals surface area contributed by atoms with Gasteiger partial charge >= 0.3 is 5.97 Å². The summed E-state index contributed by atoms with van der Waals surface area (Å²) in [5.74, 6) is -0.472. The zero-order valence-electron chi connectivity index (χ0n) is 8.76. The molecule has 0 aliphatic carbocycles. The number of aliphatic carboxylic acids is 1. The summed E-state index contributed by atoms with van der Waals surface area (Å²) in [4.78, 5) is 14.8. The molecule has 0 spiro atoms. The molecular formula is C11H13NO3S. The van der Waals surface area contributed by atoms with Gasteiger partial charge in [-0.3, -0.25) is 0 Å². The minimum absolute atomic E-state index is 0.469. The minimum Gasteiger partial charge on any atom is -0.478 e. The first-order chi connectivity index (χ1) is 7.75. The van der Waals surface area contributed by atoms with Crippen molar-refractivity contribution in [3.63, 3.8) is 0 Å². The number of ether oxygens (including phenoxy) is 1. The maximum Gasteiger partial charge on any atom is 0.328 e. The Labute approximate surface area is 97.6 Å². The summed E-state index contributed by atoms with van der Waals surface area (Å²) < 4.78 is 5.29. The Morgan fingerprint density at radius 2 is 2.31 bits per heavy atom. The SMILES string of the molecule is O=C(O)/C=C/c1nc(C2CCOCC2)cs1. The molecule has 0 amide bonds. The highest BCUT2D eigenvalue weighted by atomic mass is 32.1. The average molecular weight is 239 g/mol. The fraction of sp³-hybridized carbons (Fsp3) is 0.455. The highest BCUT2D eigenvalue weighted by Crippen LogP contribution is 2.28. The van der Waals surface area contributed by atoms with Crippen molar-refractivity contribution in [2.45, 2.75) is 18.8 Å². The second-order valence-electron chi connectivity index (χ2n) is 3.67. The Morgan fingerprint density at radius 1 is 1.56 bits per heavy atom. The van der Waals surface area contributed by atoms with Crippen LogP contribution in [0.25, 0.3) is 6.08 Å². The summed E-state index contributed by atoms with van der Waals surface area (Å²) in [7, 11) is 0. The molecule has 1 aromatic rings. The molecule has 2 heterocycles. The van der Waals surface area contributed by atoms with E-state index >= 15 is 0 Å². The molecule has 0 aromatic carbocycles. The molecule has 1 aliphatic rings. The van der Waals surface area contributed by atoms with E-state index in [-0.39, 0.29) is 0 Å². The van der Waals surface area contributed by atoms with Gasteiger partial charge in [0.1, 0.15) is 5.01 Å². The van der Waals surface area contributed by atoms with Crippen LogP contribution >= 0.6 is 11.3 Å². The Morgan fingerprint density at radius 3 is 3.00 bits per heavy atom. The molecule has 0 bridgehead atoms. The van der Waals surface area contributed by atoms with Gasteiger partial charge in [0, 0.05) is 30.6 Å². The van der Waals surface area contributed by atoms with Crippen molar-refractivity contribution in [3.05, 3.63) is 22.2 Å². The van der Waals surface area contributed by atoms with Gasteiger partial charge in [0.2, 0.25) is 0 Å². The summed E-state index contributed by atoms with van der Waals surface area (Å²) >= 11 is 1.48. The van der Waals surface area contributed by atoms with Gasteiger partial charge in [0.05, 0.1) is 5.69 Å². The number of carboxylic acid groups (broad SMARTS) is 1. The van der Waals surface area contributed by atoms with E-state index in [4.69, 9.17) is 9.84 Å². The van der Waals surface area contributed by atoms with Gasteiger partial charge < -0.3 is 9.84 Å². The lowest BCUT2D eigenvalue weighted by Gasteiger charge is -2.19. The van der Waals surface area contributed by atoms with E-state index in [9.17, 15) is 4.79 Å². The molecule has 1 N–H and O–H groups in total. The molecule has 1 aromatic heterocycles. The van der Waals surface area contributed by atoms with E-state index in [1.807, 2.05) is 5.38 Å². The van der Waals surface area contributed by atoms with Gasteiger partial charge in [-0.1, -0.05) is 0 Å². The largest absolute Gasteiger partial charge is 0.478 e. The number of rotatable bonds is 3. The summed E-state index contributed by atoms with van der Waals surface area (Å²) in [5.41, 5.74) is 1.07. The third-order valence-corrected chi connectivity index (χ3v) is 3.38. The smallest absolute Gasteiger partial charge is 0.328 e. The third-order valence-electron chi connectivity index (χ3n) is 2.55. The molecule has 4 nitrogen and oxygen atoms in total. The van der Waals surface area contributed by atoms with Gasteiger partial charge in [0.25, 0.3) is 0 Å². The average Bonchev–Trinajstić information content (AvgIpc) is 2.76. The van der Waals surface area contributed by atoms with Crippen molar-refractivity contribution in [2.75, 3.05) is 13.2 Å². The van der Waals surface area contributed by atoms with Gasteiger partial charge in [-0.25, -0.2) is 9.78 Å². The molecule has 0 atom stereocenters. The molecule has 0 unspecified atom stereocenters. The molecular weight excluding hydrogens is 226 g/mol. The minimum atomic E-state index is -0.942. The molecule has 0 radical (unpaired) electrons. The zero-order chi connectivity index (χ0) is 11.4. The number of carbonyl (C=O) groups is 1. The van der Waals surface area contributed by atoms with Crippen LogP contribution in [-0.2, 0) is 9.53 Å². The van der Waals surface area contributed by atoms with Crippen molar-refractivity contribution >= 4 is 23.4 Å². The van der Waals surface area contributed by atoms with Crippen molar-refractivity contribution < 1.29 is 14.6 Å². The lowest BCUT2D eigenvalue weighted by Crippen LogP contribution is -2.14. The molecule has 5 heteroatoms. The Bertz CT molecular complexity index is 394. The van der Waals surface area contributed by atoms with Crippen molar-refractivity contribution in [1.82, 2.24) is 4.98 Å². The molecule has 1 fully saturated rings. The number of thiazole rings is 1. The van der Waals surface area contributed by atoms with E-state index < -0.39 is 5.97 Å². The number of aromatic nitrogens is 1. The highest BCUT2D eigenvalue weighted by Gasteiger charge is 2.18. The first kappa shape index (κ1) is 11.3. The van der Waals surface area contributed by atoms with Crippen molar-refractivity contribution in [2.24, 2.45) is 0 Å². The fourth-order valence-electron chi connectivity index (χ4n) is 1.70. The van der Waals surface area contributed by atoms with Crippen LogP contribution in [0.2, 0.25) is 0 Å². The maximum atomic E-state index is 10.4.